The molecule has 4 aromatic rings. The zero-order valence-corrected chi connectivity index (χ0v) is 19.5. The van der Waals surface area contributed by atoms with Crippen LogP contribution in [0.4, 0.5) is 4.39 Å². The molecule has 6 nitrogen and oxygen atoms in total. The molecule has 34 heavy (non-hydrogen) atoms. The molecule has 0 aliphatic carbocycles. The summed E-state index contributed by atoms with van der Waals surface area (Å²) < 4.78 is 45.1. The topological polar surface area (TPSA) is 88.8 Å². The largest absolute Gasteiger partial charge is 0.489 e. The Hall–Kier alpha value is -3.40. The molecular formula is C25H23BFNO5S. The molecule has 0 unspecified atom stereocenters. The molecule has 0 fully saturated rings. The first-order chi connectivity index (χ1) is 16.1. The van der Waals surface area contributed by atoms with Crippen LogP contribution < -0.4 is 10.2 Å². The third-order valence-electron chi connectivity index (χ3n) is 5.59. The second-order valence-corrected chi connectivity index (χ2v) is 10.00. The molecule has 0 spiro atoms. The van der Waals surface area contributed by atoms with E-state index in [0.717, 1.165) is 34.5 Å². The van der Waals surface area contributed by atoms with Crippen molar-refractivity contribution in [1.29, 1.82) is 0 Å². The van der Waals surface area contributed by atoms with Crippen LogP contribution in [0.2, 0.25) is 0 Å². The van der Waals surface area contributed by atoms with E-state index in [1.54, 1.807) is 60.7 Å². The molecule has 0 radical (unpaired) electrons. The Kier molecular flexibility index (Phi) is 6.61. The van der Waals surface area contributed by atoms with Crippen LogP contribution in [-0.4, -0.2) is 36.4 Å². The van der Waals surface area contributed by atoms with Crippen LogP contribution in [0.5, 0.6) is 5.75 Å². The van der Waals surface area contributed by atoms with Crippen molar-refractivity contribution in [1.82, 2.24) is 4.57 Å². The highest BCUT2D eigenvalue weighted by Gasteiger charge is 2.17. The normalized spacial score (nSPS) is 11.4. The molecule has 174 valence electrons. The van der Waals surface area contributed by atoms with Crippen LogP contribution >= 0.6 is 0 Å². The fourth-order valence-corrected chi connectivity index (χ4v) is 4.34. The second-order valence-electron chi connectivity index (χ2n) is 7.98. The molecule has 0 aliphatic heterocycles. The highest BCUT2D eigenvalue weighted by atomic mass is 32.2. The van der Waals surface area contributed by atoms with Gasteiger partial charge in [-0.05, 0) is 72.5 Å². The Balaban J connectivity index is 1.71. The summed E-state index contributed by atoms with van der Waals surface area (Å²) in [5, 5.41) is 18.5. The first-order valence-corrected chi connectivity index (χ1v) is 12.4. The van der Waals surface area contributed by atoms with Gasteiger partial charge in [0.25, 0.3) is 0 Å². The van der Waals surface area contributed by atoms with Crippen molar-refractivity contribution < 1.29 is 27.6 Å². The summed E-state index contributed by atoms with van der Waals surface area (Å²) in [7, 11) is -4.86. The van der Waals surface area contributed by atoms with E-state index in [1.165, 1.54) is 12.1 Å². The third kappa shape index (κ3) is 5.06. The standard InChI is InChI=1S/C25H23BFNO5S/c1-17-19(16-33-23-11-5-20(6-12-23)26(29)30)15-25(28(17)22-9-7-21(27)8-10-22)18-3-13-24(14-4-18)34(2,31)32/h3-15,29-30H,16H2,1-2H3. The molecule has 0 amide bonds. The van der Waals surface area contributed by atoms with Crippen LogP contribution in [0.1, 0.15) is 11.3 Å². The second kappa shape index (κ2) is 9.46. The van der Waals surface area contributed by atoms with Gasteiger partial charge < -0.3 is 19.4 Å². The first kappa shape index (κ1) is 23.8. The number of sulfone groups is 1. The number of ether oxygens (including phenoxy) is 1. The lowest BCUT2D eigenvalue weighted by molar-refractivity contribution is 0.305. The Bertz CT molecular complexity index is 1400. The van der Waals surface area contributed by atoms with Gasteiger partial charge in [0, 0.05) is 23.2 Å². The molecule has 9 heteroatoms. The molecule has 4 rings (SSSR count). The molecule has 1 aromatic heterocycles. The minimum Gasteiger partial charge on any atom is -0.489 e. The summed E-state index contributed by atoms with van der Waals surface area (Å²) in [6, 6.07) is 21.2. The van der Waals surface area contributed by atoms with Crippen LogP contribution in [0.25, 0.3) is 16.9 Å². The van der Waals surface area contributed by atoms with Crippen molar-refractivity contribution in [2.24, 2.45) is 0 Å². The number of nitrogens with zero attached hydrogens (tertiary/aromatic N) is 1. The van der Waals surface area contributed by atoms with Gasteiger partial charge in [0.15, 0.2) is 9.84 Å². The average Bonchev–Trinajstić information content (AvgIpc) is 3.14. The van der Waals surface area contributed by atoms with Gasteiger partial charge in [-0.1, -0.05) is 24.3 Å². The van der Waals surface area contributed by atoms with Crippen molar-refractivity contribution in [3.63, 3.8) is 0 Å². The number of aromatic nitrogens is 1. The molecule has 0 saturated carbocycles. The minimum absolute atomic E-state index is 0.230. The van der Waals surface area contributed by atoms with E-state index >= 15 is 0 Å². The van der Waals surface area contributed by atoms with Crippen molar-refractivity contribution in [2.45, 2.75) is 18.4 Å². The summed E-state index contributed by atoms with van der Waals surface area (Å²) in [6.45, 7) is 2.18. The van der Waals surface area contributed by atoms with E-state index < -0.39 is 17.0 Å². The van der Waals surface area contributed by atoms with Crippen molar-refractivity contribution >= 4 is 22.4 Å². The number of benzene rings is 3. The van der Waals surface area contributed by atoms with Gasteiger partial charge in [-0.2, -0.15) is 0 Å². The summed E-state index contributed by atoms with van der Waals surface area (Å²) >= 11 is 0. The van der Waals surface area contributed by atoms with E-state index in [1.807, 2.05) is 17.6 Å². The molecule has 0 aliphatic rings. The average molecular weight is 479 g/mol. The minimum atomic E-state index is -3.32. The van der Waals surface area contributed by atoms with Gasteiger partial charge in [0.1, 0.15) is 18.2 Å². The van der Waals surface area contributed by atoms with Gasteiger partial charge in [-0.25, -0.2) is 12.8 Å². The Morgan fingerprint density at radius 2 is 1.56 bits per heavy atom. The van der Waals surface area contributed by atoms with Crippen LogP contribution in [0, 0.1) is 12.7 Å². The summed E-state index contributed by atoms with van der Waals surface area (Å²) in [5.74, 6) is 0.227. The van der Waals surface area contributed by atoms with E-state index in [9.17, 15) is 22.9 Å². The fourth-order valence-electron chi connectivity index (χ4n) is 3.71. The van der Waals surface area contributed by atoms with Crippen molar-refractivity contribution in [3.05, 3.63) is 95.9 Å². The van der Waals surface area contributed by atoms with E-state index in [0.29, 0.717) is 11.2 Å². The number of hydrogen-bond donors (Lipinski definition) is 2. The van der Waals surface area contributed by atoms with Gasteiger partial charge >= 0.3 is 7.12 Å². The van der Waals surface area contributed by atoms with Crippen molar-refractivity contribution in [3.8, 4) is 22.7 Å². The Labute approximate surface area is 198 Å². The first-order valence-electron chi connectivity index (χ1n) is 10.5. The third-order valence-corrected chi connectivity index (χ3v) is 6.72. The van der Waals surface area contributed by atoms with Crippen molar-refractivity contribution in [2.75, 3.05) is 6.26 Å². The fraction of sp³-hybridized carbons (Fsp3) is 0.120. The monoisotopic (exact) mass is 479 g/mol. The summed E-state index contributed by atoms with van der Waals surface area (Å²) in [4.78, 5) is 0.230. The van der Waals surface area contributed by atoms with Crippen LogP contribution in [0.15, 0.2) is 83.8 Å². The Morgan fingerprint density at radius 3 is 2.12 bits per heavy atom. The predicted octanol–water partition coefficient (Wildman–Crippen LogP) is 3.25. The number of halogens is 1. The van der Waals surface area contributed by atoms with Crippen LogP contribution in [0.3, 0.4) is 0 Å². The summed E-state index contributed by atoms with van der Waals surface area (Å²) in [6.07, 6.45) is 1.16. The van der Waals surface area contributed by atoms with E-state index in [2.05, 4.69) is 0 Å². The van der Waals surface area contributed by atoms with Gasteiger partial charge in [0.05, 0.1) is 10.6 Å². The van der Waals surface area contributed by atoms with E-state index in [-0.39, 0.29) is 17.3 Å². The van der Waals surface area contributed by atoms with Gasteiger partial charge in [-0.15, -0.1) is 0 Å². The SMILES string of the molecule is Cc1c(COc2ccc(B(O)O)cc2)cc(-c2ccc(S(C)(=O)=O)cc2)n1-c1ccc(F)cc1. The lowest BCUT2D eigenvalue weighted by atomic mass is 9.80. The summed E-state index contributed by atoms with van der Waals surface area (Å²) in [5.41, 5.74) is 4.50. The number of hydrogen-bond acceptors (Lipinski definition) is 5. The van der Waals surface area contributed by atoms with Gasteiger partial charge in [0.2, 0.25) is 0 Å². The molecule has 0 atom stereocenters. The lowest BCUT2D eigenvalue weighted by Gasteiger charge is -2.13. The van der Waals surface area contributed by atoms with E-state index in [4.69, 9.17) is 4.74 Å². The molecule has 2 N–H and O–H groups in total. The highest BCUT2D eigenvalue weighted by molar-refractivity contribution is 7.90. The maximum atomic E-state index is 13.6. The smallest absolute Gasteiger partial charge is 0.488 e. The molecule has 3 aromatic carbocycles. The molecular weight excluding hydrogens is 456 g/mol. The molecule has 1 heterocycles. The quantitative estimate of drug-likeness (QED) is 0.398. The molecule has 0 saturated heterocycles. The van der Waals surface area contributed by atoms with Crippen LogP contribution in [-0.2, 0) is 16.4 Å². The maximum Gasteiger partial charge on any atom is 0.488 e. The molecule has 0 bridgehead atoms. The lowest BCUT2D eigenvalue weighted by Crippen LogP contribution is -2.29. The zero-order valence-electron chi connectivity index (χ0n) is 18.6. The zero-order chi connectivity index (χ0) is 24.5. The predicted molar refractivity (Wildman–Crippen MR) is 130 cm³/mol. The number of rotatable bonds is 7. The van der Waals surface area contributed by atoms with Gasteiger partial charge in [-0.3, -0.25) is 0 Å². The highest BCUT2D eigenvalue weighted by Crippen LogP contribution is 2.31. The maximum absolute atomic E-state index is 13.6. The Morgan fingerprint density at radius 1 is 0.941 bits per heavy atom.